The molecule has 4 nitrogen and oxygen atoms in total. The highest BCUT2D eigenvalue weighted by Gasteiger charge is 2.13. The van der Waals surface area contributed by atoms with Crippen molar-refractivity contribution in [1.82, 2.24) is 5.32 Å². The number of rotatable bonds is 5. The molecule has 0 spiro atoms. The van der Waals surface area contributed by atoms with E-state index in [1.165, 1.54) is 7.11 Å². The van der Waals surface area contributed by atoms with Gasteiger partial charge in [-0.15, -0.1) is 0 Å². The molecule has 0 aromatic heterocycles. The highest BCUT2D eigenvalue weighted by molar-refractivity contribution is 5.80. The predicted molar refractivity (Wildman–Crippen MR) is 43.2 cm³/mol. The van der Waals surface area contributed by atoms with Crippen molar-refractivity contribution in [2.75, 3.05) is 20.2 Å². The minimum atomic E-state index is -0.499. The van der Waals surface area contributed by atoms with E-state index in [0.717, 1.165) is 6.42 Å². The van der Waals surface area contributed by atoms with E-state index in [1.54, 1.807) is 0 Å². The number of methoxy groups -OCH3 is 1. The van der Waals surface area contributed by atoms with E-state index in [2.05, 4.69) is 5.32 Å². The van der Waals surface area contributed by atoms with Crippen molar-refractivity contribution < 1.29 is 9.53 Å². The second kappa shape index (κ2) is 6.12. The Labute approximate surface area is 67.1 Å². The lowest BCUT2D eigenvalue weighted by Crippen LogP contribution is -2.40. The molecule has 0 saturated heterocycles. The molecule has 0 aliphatic heterocycles. The van der Waals surface area contributed by atoms with Crippen LogP contribution >= 0.6 is 0 Å². The van der Waals surface area contributed by atoms with Gasteiger partial charge in [0, 0.05) is 20.2 Å². The summed E-state index contributed by atoms with van der Waals surface area (Å²) in [5.74, 6) is -0.128. The molecule has 0 aliphatic carbocycles. The molecule has 1 amide bonds. The quantitative estimate of drug-likeness (QED) is 0.569. The van der Waals surface area contributed by atoms with Crippen molar-refractivity contribution in [3.05, 3.63) is 0 Å². The highest BCUT2D eigenvalue weighted by atomic mass is 16.5. The molecular weight excluding hydrogens is 144 g/mol. The molecular formula is C7H16N2O2. The average molecular weight is 160 g/mol. The maximum atomic E-state index is 11.0. The number of nitrogens with one attached hydrogen (secondary N) is 1. The van der Waals surface area contributed by atoms with Crippen LogP contribution in [0.1, 0.15) is 13.3 Å². The summed E-state index contributed by atoms with van der Waals surface area (Å²) in [6.45, 7) is 2.90. The van der Waals surface area contributed by atoms with Crippen molar-refractivity contribution in [1.29, 1.82) is 0 Å². The Morgan fingerprint density at radius 2 is 2.36 bits per heavy atom. The summed E-state index contributed by atoms with van der Waals surface area (Å²) in [6, 6.07) is 0. The lowest BCUT2D eigenvalue weighted by atomic mass is 10.3. The van der Waals surface area contributed by atoms with Crippen LogP contribution in [0.15, 0.2) is 0 Å². The summed E-state index contributed by atoms with van der Waals surface area (Å²) < 4.78 is 4.82. The molecule has 66 valence electrons. The van der Waals surface area contributed by atoms with Gasteiger partial charge in [-0.3, -0.25) is 4.79 Å². The molecule has 0 fully saturated rings. The molecule has 11 heavy (non-hydrogen) atoms. The van der Waals surface area contributed by atoms with Gasteiger partial charge in [0.15, 0.2) is 0 Å². The summed E-state index contributed by atoms with van der Waals surface area (Å²) in [4.78, 5) is 11.0. The Morgan fingerprint density at radius 3 is 2.73 bits per heavy atom. The Morgan fingerprint density at radius 1 is 1.73 bits per heavy atom. The topological polar surface area (TPSA) is 64.4 Å². The molecule has 0 aromatic carbocycles. The molecule has 4 heteroatoms. The predicted octanol–water partition coefficient (Wildman–Crippen LogP) is -0.514. The van der Waals surface area contributed by atoms with Gasteiger partial charge in [-0.1, -0.05) is 6.92 Å². The smallest absolute Gasteiger partial charge is 0.250 e. The summed E-state index contributed by atoms with van der Waals surface area (Å²) in [5, 5.41) is 2.69. The number of ether oxygens (including phenoxy) is 1. The lowest BCUT2D eigenvalue weighted by Gasteiger charge is -2.11. The first-order valence-corrected chi connectivity index (χ1v) is 3.76. The molecule has 1 unspecified atom stereocenters. The number of carbonyl (C=O) groups is 1. The van der Waals surface area contributed by atoms with Crippen LogP contribution in [0, 0.1) is 0 Å². The first kappa shape index (κ1) is 10.4. The maximum absolute atomic E-state index is 11.0. The van der Waals surface area contributed by atoms with Crippen LogP contribution in [0.5, 0.6) is 0 Å². The number of hydrogen-bond acceptors (Lipinski definition) is 3. The second-order valence-electron chi connectivity index (χ2n) is 2.25. The fourth-order valence-electron chi connectivity index (χ4n) is 0.672. The third-order valence-corrected chi connectivity index (χ3v) is 1.34. The Balaban J connectivity index is 3.61. The monoisotopic (exact) mass is 160 g/mol. The van der Waals surface area contributed by atoms with Crippen LogP contribution in [-0.2, 0) is 9.53 Å². The van der Waals surface area contributed by atoms with Crippen LogP contribution < -0.4 is 11.1 Å². The zero-order valence-corrected chi connectivity index (χ0v) is 7.09. The van der Waals surface area contributed by atoms with Gasteiger partial charge in [0.1, 0.15) is 6.10 Å². The Hall–Kier alpha value is -0.610. The summed E-state index contributed by atoms with van der Waals surface area (Å²) in [5.41, 5.74) is 5.27. The van der Waals surface area contributed by atoms with Gasteiger partial charge in [0.25, 0.3) is 0 Å². The second-order valence-corrected chi connectivity index (χ2v) is 2.25. The van der Waals surface area contributed by atoms with Crippen molar-refractivity contribution >= 4 is 5.91 Å². The molecule has 1 atom stereocenters. The average Bonchev–Trinajstić information content (AvgIpc) is 2.03. The van der Waals surface area contributed by atoms with Crippen molar-refractivity contribution in [3.8, 4) is 0 Å². The fourth-order valence-corrected chi connectivity index (χ4v) is 0.672. The molecule has 0 bridgehead atoms. The first-order chi connectivity index (χ1) is 5.26. The van der Waals surface area contributed by atoms with E-state index in [0.29, 0.717) is 6.54 Å². The van der Waals surface area contributed by atoms with E-state index < -0.39 is 6.10 Å². The third-order valence-electron chi connectivity index (χ3n) is 1.34. The first-order valence-electron chi connectivity index (χ1n) is 3.76. The van der Waals surface area contributed by atoms with E-state index in [1.807, 2.05) is 6.92 Å². The highest BCUT2D eigenvalue weighted by Crippen LogP contribution is 1.86. The van der Waals surface area contributed by atoms with Gasteiger partial charge in [-0.05, 0) is 6.42 Å². The largest absolute Gasteiger partial charge is 0.370 e. The molecule has 0 aliphatic rings. The summed E-state index contributed by atoms with van der Waals surface area (Å²) in [6.07, 6.45) is 0.425. The summed E-state index contributed by atoms with van der Waals surface area (Å²) in [7, 11) is 1.48. The fraction of sp³-hybridized carbons (Fsp3) is 0.857. The van der Waals surface area contributed by atoms with Crippen molar-refractivity contribution in [2.45, 2.75) is 19.4 Å². The summed E-state index contributed by atoms with van der Waals surface area (Å²) >= 11 is 0. The normalized spacial score (nSPS) is 12.6. The van der Waals surface area contributed by atoms with Crippen LogP contribution in [-0.4, -0.2) is 32.2 Å². The van der Waals surface area contributed by atoms with Crippen LogP contribution in [0.4, 0.5) is 0 Å². The van der Waals surface area contributed by atoms with Crippen LogP contribution in [0.2, 0.25) is 0 Å². The molecule has 0 aromatic rings. The van der Waals surface area contributed by atoms with Crippen molar-refractivity contribution in [2.24, 2.45) is 5.73 Å². The Kier molecular flexibility index (Phi) is 5.78. The van der Waals surface area contributed by atoms with Crippen molar-refractivity contribution in [3.63, 3.8) is 0 Å². The van der Waals surface area contributed by atoms with Gasteiger partial charge >= 0.3 is 0 Å². The standard InChI is InChI=1S/C7H16N2O2/c1-3-4-9-7(10)6(5-8)11-2/h6H,3-5,8H2,1-2H3,(H,9,10). The number of amides is 1. The van der Waals surface area contributed by atoms with Gasteiger partial charge in [-0.25, -0.2) is 0 Å². The third kappa shape index (κ3) is 3.95. The van der Waals surface area contributed by atoms with Crippen LogP contribution in [0.25, 0.3) is 0 Å². The van der Waals surface area contributed by atoms with Gasteiger partial charge < -0.3 is 15.8 Å². The number of hydrogen-bond donors (Lipinski definition) is 2. The van der Waals surface area contributed by atoms with Crippen LogP contribution in [0.3, 0.4) is 0 Å². The SMILES string of the molecule is CCCNC(=O)C(CN)OC. The van der Waals surface area contributed by atoms with Gasteiger partial charge in [0.05, 0.1) is 0 Å². The van der Waals surface area contributed by atoms with E-state index in [-0.39, 0.29) is 12.5 Å². The minimum absolute atomic E-state index is 0.128. The van der Waals surface area contributed by atoms with Gasteiger partial charge in [0.2, 0.25) is 5.91 Å². The molecule has 0 rings (SSSR count). The molecule has 0 saturated carbocycles. The lowest BCUT2D eigenvalue weighted by molar-refractivity contribution is -0.130. The number of nitrogens with two attached hydrogens (primary N) is 1. The zero-order chi connectivity index (χ0) is 8.69. The zero-order valence-electron chi connectivity index (χ0n) is 7.09. The molecule has 0 heterocycles. The molecule has 0 radical (unpaired) electrons. The Bertz CT molecular complexity index is 113. The van der Waals surface area contributed by atoms with Gasteiger partial charge in [-0.2, -0.15) is 0 Å². The maximum Gasteiger partial charge on any atom is 0.250 e. The minimum Gasteiger partial charge on any atom is -0.370 e. The van der Waals surface area contributed by atoms with E-state index in [4.69, 9.17) is 10.5 Å². The molecule has 3 N–H and O–H groups in total. The van der Waals surface area contributed by atoms with E-state index in [9.17, 15) is 4.79 Å². The number of carbonyl (C=O) groups excluding carboxylic acids is 1. The van der Waals surface area contributed by atoms with E-state index >= 15 is 0 Å².